The Hall–Kier alpha value is -1.59. The fourth-order valence-electron chi connectivity index (χ4n) is 1.50. The van der Waals surface area contributed by atoms with E-state index in [9.17, 15) is 0 Å². The van der Waals surface area contributed by atoms with Gasteiger partial charge in [0.15, 0.2) is 11.6 Å². The third-order valence-corrected chi connectivity index (χ3v) is 3.01. The maximum absolute atomic E-state index is 5.97. The van der Waals surface area contributed by atoms with E-state index in [1.807, 2.05) is 13.8 Å². The third kappa shape index (κ3) is 3.68. The van der Waals surface area contributed by atoms with Crippen molar-refractivity contribution in [2.45, 2.75) is 26.5 Å². The Morgan fingerprint density at radius 3 is 2.63 bits per heavy atom. The summed E-state index contributed by atoms with van der Waals surface area (Å²) >= 11 is 5.80. The molecule has 0 amide bonds. The number of nitrogens with one attached hydrogen (secondary N) is 1. The summed E-state index contributed by atoms with van der Waals surface area (Å²) in [5.41, 5.74) is 5.97. The van der Waals surface area contributed by atoms with Gasteiger partial charge in [0.2, 0.25) is 0 Å². The first-order chi connectivity index (χ1) is 9.06. The number of halogens is 1. The lowest BCUT2D eigenvalue weighted by Crippen LogP contribution is -2.18. The van der Waals surface area contributed by atoms with Gasteiger partial charge in [-0.05, 0) is 30.2 Å². The van der Waals surface area contributed by atoms with Crippen LogP contribution in [-0.4, -0.2) is 15.2 Å². The number of aromatic nitrogens is 3. The van der Waals surface area contributed by atoms with Crippen LogP contribution in [0.5, 0.6) is 5.75 Å². The van der Waals surface area contributed by atoms with Gasteiger partial charge in [-0.3, -0.25) is 5.10 Å². The minimum atomic E-state index is -0.166. The first-order valence-electron chi connectivity index (χ1n) is 6.11. The predicted molar refractivity (Wildman–Crippen MR) is 73.9 cm³/mol. The van der Waals surface area contributed by atoms with E-state index in [1.165, 1.54) is 0 Å². The molecule has 5 nitrogen and oxygen atoms in total. The highest BCUT2D eigenvalue weighted by molar-refractivity contribution is 6.30. The second kappa shape index (κ2) is 6.04. The van der Waals surface area contributed by atoms with Gasteiger partial charge in [-0.25, -0.2) is 4.98 Å². The van der Waals surface area contributed by atoms with Gasteiger partial charge in [0.1, 0.15) is 12.4 Å². The molecule has 102 valence electrons. The first kappa shape index (κ1) is 13.8. The number of hydrogen-bond acceptors (Lipinski definition) is 4. The zero-order chi connectivity index (χ0) is 13.8. The second-order valence-corrected chi connectivity index (χ2v) is 5.09. The van der Waals surface area contributed by atoms with Crippen molar-refractivity contribution >= 4 is 11.6 Å². The molecule has 0 aliphatic heterocycles. The molecule has 19 heavy (non-hydrogen) atoms. The quantitative estimate of drug-likeness (QED) is 0.883. The second-order valence-electron chi connectivity index (χ2n) is 4.65. The van der Waals surface area contributed by atoms with Gasteiger partial charge >= 0.3 is 0 Å². The summed E-state index contributed by atoms with van der Waals surface area (Å²) in [4.78, 5) is 4.32. The summed E-state index contributed by atoms with van der Waals surface area (Å²) in [7, 11) is 0. The lowest BCUT2D eigenvalue weighted by Gasteiger charge is -2.10. The van der Waals surface area contributed by atoms with Gasteiger partial charge in [0.05, 0.1) is 6.04 Å². The van der Waals surface area contributed by atoms with E-state index in [1.54, 1.807) is 24.3 Å². The van der Waals surface area contributed by atoms with Gasteiger partial charge in [-0.15, -0.1) is 0 Å². The van der Waals surface area contributed by atoms with Gasteiger partial charge in [0.25, 0.3) is 0 Å². The van der Waals surface area contributed by atoms with Gasteiger partial charge in [0, 0.05) is 5.02 Å². The Labute approximate surface area is 117 Å². The van der Waals surface area contributed by atoms with E-state index < -0.39 is 0 Å². The maximum Gasteiger partial charge on any atom is 0.167 e. The number of nitrogens with two attached hydrogens (primary N) is 1. The van der Waals surface area contributed by atoms with E-state index in [2.05, 4.69) is 15.2 Å². The van der Waals surface area contributed by atoms with Crippen LogP contribution in [0.3, 0.4) is 0 Å². The van der Waals surface area contributed by atoms with E-state index >= 15 is 0 Å². The summed E-state index contributed by atoms with van der Waals surface area (Å²) in [6, 6.07) is 6.99. The van der Waals surface area contributed by atoms with Gasteiger partial charge in [-0.2, -0.15) is 5.10 Å². The molecule has 0 spiro atoms. The first-order valence-corrected chi connectivity index (χ1v) is 6.49. The van der Waals surface area contributed by atoms with Crippen LogP contribution in [0.25, 0.3) is 0 Å². The van der Waals surface area contributed by atoms with Crippen molar-refractivity contribution in [2.24, 2.45) is 11.7 Å². The average Bonchev–Trinajstić information content (AvgIpc) is 2.86. The van der Waals surface area contributed by atoms with E-state index in [-0.39, 0.29) is 6.04 Å². The average molecular weight is 281 g/mol. The number of H-pyrrole nitrogens is 1. The van der Waals surface area contributed by atoms with Crippen LogP contribution in [0.4, 0.5) is 0 Å². The van der Waals surface area contributed by atoms with Crippen molar-refractivity contribution in [3.8, 4) is 5.75 Å². The lowest BCUT2D eigenvalue weighted by atomic mass is 10.1. The molecule has 1 aromatic carbocycles. The van der Waals surface area contributed by atoms with Crippen LogP contribution in [0.1, 0.15) is 31.5 Å². The summed E-state index contributed by atoms with van der Waals surface area (Å²) in [6.45, 7) is 4.38. The molecule has 0 unspecified atom stereocenters. The van der Waals surface area contributed by atoms with Crippen molar-refractivity contribution in [1.29, 1.82) is 0 Å². The molecule has 0 radical (unpaired) electrons. The minimum absolute atomic E-state index is 0.166. The smallest absolute Gasteiger partial charge is 0.167 e. The highest BCUT2D eigenvalue weighted by atomic mass is 35.5. The molecule has 0 aliphatic rings. The molecule has 6 heteroatoms. The van der Waals surface area contributed by atoms with Gasteiger partial charge in [-0.1, -0.05) is 25.4 Å². The number of ether oxygens (including phenoxy) is 1. The van der Waals surface area contributed by atoms with Crippen molar-refractivity contribution in [3.63, 3.8) is 0 Å². The maximum atomic E-state index is 5.97. The molecule has 2 rings (SSSR count). The van der Waals surface area contributed by atoms with E-state index in [0.717, 1.165) is 5.75 Å². The standard InChI is InChI=1S/C13H17ClN4O/c1-8(2)12(15)13-16-11(17-18-13)7-19-10-5-3-9(14)4-6-10/h3-6,8,12H,7,15H2,1-2H3,(H,16,17,18)/t12-/m1/s1. The van der Waals surface area contributed by atoms with E-state index in [4.69, 9.17) is 22.1 Å². The van der Waals surface area contributed by atoms with Crippen molar-refractivity contribution in [2.75, 3.05) is 0 Å². The molecule has 0 saturated heterocycles. The number of rotatable bonds is 5. The number of aromatic amines is 1. The molecule has 1 atom stereocenters. The molecular weight excluding hydrogens is 264 g/mol. The molecule has 1 aromatic heterocycles. The van der Waals surface area contributed by atoms with Crippen molar-refractivity contribution < 1.29 is 4.74 Å². The Morgan fingerprint density at radius 1 is 1.32 bits per heavy atom. The van der Waals surface area contributed by atoms with Crippen molar-refractivity contribution in [1.82, 2.24) is 15.2 Å². The molecular formula is C13H17ClN4O. The molecule has 1 heterocycles. The number of hydrogen-bond donors (Lipinski definition) is 2. The van der Waals surface area contributed by atoms with Crippen LogP contribution < -0.4 is 10.5 Å². The summed E-state index contributed by atoms with van der Waals surface area (Å²) < 4.78 is 5.57. The summed E-state index contributed by atoms with van der Waals surface area (Å²) in [5.74, 6) is 2.29. The molecule has 2 aromatic rings. The molecule has 0 bridgehead atoms. The highest BCUT2D eigenvalue weighted by Crippen LogP contribution is 2.17. The lowest BCUT2D eigenvalue weighted by molar-refractivity contribution is 0.296. The van der Waals surface area contributed by atoms with Crippen LogP contribution in [0, 0.1) is 5.92 Å². The fourth-order valence-corrected chi connectivity index (χ4v) is 1.63. The minimum Gasteiger partial charge on any atom is -0.486 e. The monoisotopic (exact) mass is 280 g/mol. The normalized spacial score (nSPS) is 12.7. The molecule has 0 fully saturated rings. The topological polar surface area (TPSA) is 76.8 Å². The van der Waals surface area contributed by atoms with Crippen LogP contribution in [0.2, 0.25) is 5.02 Å². The third-order valence-electron chi connectivity index (χ3n) is 2.75. The number of nitrogens with zero attached hydrogens (tertiary/aromatic N) is 2. The molecule has 3 N–H and O–H groups in total. The van der Waals surface area contributed by atoms with Crippen LogP contribution in [-0.2, 0) is 6.61 Å². The summed E-state index contributed by atoms with van der Waals surface area (Å²) in [6.07, 6.45) is 0. The Bertz CT molecular complexity index is 524. The Balaban J connectivity index is 1.95. The Morgan fingerprint density at radius 2 is 2.00 bits per heavy atom. The van der Waals surface area contributed by atoms with E-state index in [0.29, 0.717) is 29.2 Å². The SMILES string of the molecule is CC(C)[C@@H](N)c1n[nH]c(COc2ccc(Cl)cc2)n1. The van der Waals surface area contributed by atoms with Crippen LogP contribution >= 0.6 is 11.6 Å². The van der Waals surface area contributed by atoms with Gasteiger partial charge < -0.3 is 10.5 Å². The Kier molecular flexibility index (Phi) is 4.39. The molecule has 0 saturated carbocycles. The highest BCUT2D eigenvalue weighted by Gasteiger charge is 2.15. The predicted octanol–water partition coefficient (Wildman–Crippen LogP) is 2.69. The largest absolute Gasteiger partial charge is 0.486 e. The summed E-state index contributed by atoms with van der Waals surface area (Å²) in [5, 5.41) is 7.61. The fraction of sp³-hybridized carbons (Fsp3) is 0.385. The zero-order valence-electron chi connectivity index (χ0n) is 10.9. The molecule has 0 aliphatic carbocycles. The van der Waals surface area contributed by atoms with Crippen molar-refractivity contribution in [3.05, 3.63) is 40.9 Å². The number of benzene rings is 1. The van der Waals surface area contributed by atoms with Crippen LogP contribution in [0.15, 0.2) is 24.3 Å². The zero-order valence-corrected chi connectivity index (χ0v) is 11.7.